The number of carbonyl (C=O) groups excluding carboxylic acids is 5. The Kier molecular flexibility index (Phi) is 14.3. The molecule has 5 amide bonds. The van der Waals surface area contributed by atoms with Gasteiger partial charge in [-0.15, -0.1) is 0 Å². The van der Waals surface area contributed by atoms with Crippen molar-refractivity contribution in [1.29, 1.82) is 0 Å². The van der Waals surface area contributed by atoms with Gasteiger partial charge in [0.05, 0.1) is 35.4 Å². The number of alkyl halides is 2. The van der Waals surface area contributed by atoms with E-state index in [1.807, 2.05) is 10.6 Å². The number of fused-ring (bicyclic) bond motifs is 2. The molecule has 66 heavy (non-hydrogen) atoms. The highest BCUT2D eigenvalue weighted by molar-refractivity contribution is 6.25. The molecule has 1 unspecified atom stereocenters. The van der Waals surface area contributed by atoms with Crippen molar-refractivity contribution in [3.8, 4) is 0 Å². The SMILES string of the molecule is C[NH+]=CC(=CN)c1cc2c(cc1C(F)F)[N+](=C(N)C1=C(NC3CCN(CCN4CCC(CNc5cccc6c5C(=O)N(C5CCC(=O)NC5=O)C6=O)CC4)CC3)CCN(C(C)=O)C1)CCC2. The molecule has 0 saturated carbocycles. The number of nitrogens with zero attached hydrogens (tertiary/aromatic N) is 5. The van der Waals surface area contributed by atoms with E-state index in [2.05, 4.69) is 30.7 Å². The van der Waals surface area contributed by atoms with Crippen LogP contribution in [0.3, 0.4) is 0 Å². The van der Waals surface area contributed by atoms with Gasteiger partial charge < -0.3 is 31.1 Å². The van der Waals surface area contributed by atoms with Crippen LogP contribution in [0.4, 0.5) is 20.2 Å². The van der Waals surface area contributed by atoms with Gasteiger partial charge in [-0.05, 0) is 99.3 Å². The number of likely N-dealkylation sites (tertiary alicyclic amines) is 2. The maximum absolute atomic E-state index is 14.6. The van der Waals surface area contributed by atoms with Crippen LogP contribution in [0.2, 0.25) is 0 Å². The molecule has 0 aliphatic carbocycles. The Morgan fingerprint density at radius 2 is 1.70 bits per heavy atom. The standard InChI is InChI=1S/C48H61F2N11O5/c1-29(62)59-20-14-38(37(28-59)45(52)60-15-4-5-31-23-35(32(25-51)27-53-2)36(44(49)50)24-41(31)60)55-33-12-18-58(19-13-33)22-21-57-16-10-30(11-17-57)26-54-39-7-3-6-34-43(39)48(66)61(47(34)65)40-8-9-42(63)56-46(40)64/h3,6-7,23-25,27,30,33,40,44H,4-5,8-22,26,28H2,1-2H3,(H6,51,52,53,54,55,56,63,64,66)/p+2. The second-order valence-corrected chi connectivity index (χ2v) is 18.3. The zero-order valence-corrected chi connectivity index (χ0v) is 38.0. The van der Waals surface area contributed by atoms with Crippen molar-refractivity contribution in [1.82, 2.24) is 30.2 Å². The molecule has 6 aliphatic rings. The molecule has 3 fully saturated rings. The summed E-state index contributed by atoms with van der Waals surface area (Å²) in [5.74, 6) is -1.20. The zero-order valence-electron chi connectivity index (χ0n) is 38.0. The Morgan fingerprint density at radius 1 is 0.970 bits per heavy atom. The molecule has 0 spiro atoms. The van der Waals surface area contributed by atoms with Crippen molar-refractivity contribution in [2.75, 3.05) is 77.8 Å². The molecule has 0 aromatic heterocycles. The number of nitrogens with two attached hydrogens (primary N) is 2. The minimum absolute atomic E-state index is 0.0350. The lowest BCUT2D eigenvalue weighted by Gasteiger charge is -2.38. The van der Waals surface area contributed by atoms with Crippen molar-refractivity contribution in [3.05, 3.63) is 75.6 Å². The van der Waals surface area contributed by atoms with E-state index >= 15 is 0 Å². The Morgan fingerprint density at radius 3 is 2.36 bits per heavy atom. The molecule has 0 bridgehead atoms. The highest BCUT2D eigenvalue weighted by Crippen LogP contribution is 2.37. The van der Waals surface area contributed by atoms with Gasteiger partial charge in [-0.3, -0.25) is 44.9 Å². The molecule has 3 saturated heterocycles. The number of rotatable bonds is 13. The number of anilines is 1. The van der Waals surface area contributed by atoms with E-state index in [4.69, 9.17) is 11.5 Å². The van der Waals surface area contributed by atoms with E-state index in [0.717, 1.165) is 93.1 Å². The number of hydrogen-bond acceptors (Lipinski definition) is 10. The second kappa shape index (κ2) is 20.2. The van der Waals surface area contributed by atoms with Gasteiger partial charge in [0.25, 0.3) is 24.1 Å². The average Bonchev–Trinajstić information content (AvgIpc) is 3.57. The Hall–Kier alpha value is -6.01. The fourth-order valence-corrected chi connectivity index (χ4v) is 10.5. The summed E-state index contributed by atoms with van der Waals surface area (Å²) in [5, 5.41) is 9.52. The van der Waals surface area contributed by atoms with Crippen LogP contribution in [0.1, 0.15) is 102 Å². The highest BCUT2D eigenvalue weighted by atomic mass is 19.3. The largest absolute Gasteiger partial charge is 0.404 e. The van der Waals surface area contributed by atoms with Crippen molar-refractivity contribution in [3.63, 3.8) is 0 Å². The molecule has 8 N–H and O–H groups in total. The molecular weight excluding hydrogens is 849 g/mol. The van der Waals surface area contributed by atoms with Crippen LogP contribution in [-0.2, 0) is 20.8 Å². The minimum atomic E-state index is -2.72. The van der Waals surface area contributed by atoms with Gasteiger partial charge in [0.2, 0.25) is 17.7 Å². The van der Waals surface area contributed by atoms with E-state index in [1.54, 1.807) is 49.4 Å². The summed E-state index contributed by atoms with van der Waals surface area (Å²) in [6.45, 7) is 9.50. The van der Waals surface area contributed by atoms with Crippen molar-refractivity contribution >= 4 is 58.5 Å². The van der Waals surface area contributed by atoms with Crippen LogP contribution in [0, 0.1) is 5.92 Å². The predicted molar refractivity (Wildman–Crippen MR) is 246 cm³/mol. The molecule has 2 aromatic rings. The van der Waals surface area contributed by atoms with Gasteiger partial charge in [-0.1, -0.05) is 6.07 Å². The monoisotopic (exact) mass is 911 g/mol. The first-order valence-electron chi connectivity index (χ1n) is 23.4. The second-order valence-electron chi connectivity index (χ2n) is 18.3. The number of aryl methyl sites for hydroxylation is 1. The molecule has 2 aromatic carbocycles. The number of hydrogen-bond donors (Lipinski definition) is 6. The summed E-state index contributed by atoms with van der Waals surface area (Å²) in [7, 11) is 1.70. The van der Waals surface area contributed by atoms with Gasteiger partial charge in [0, 0.05) is 88.2 Å². The summed E-state index contributed by atoms with van der Waals surface area (Å²) in [6, 6.07) is 7.75. The fraction of sp³-hybridized carbons (Fsp3) is 0.521. The van der Waals surface area contributed by atoms with E-state index in [0.29, 0.717) is 73.3 Å². The number of carbonyl (C=O) groups is 5. The Bertz CT molecular complexity index is 2380. The lowest BCUT2D eigenvalue weighted by Crippen LogP contribution is -2.63. The first kappa shape index (κ1) is 46.5. The van der Waals surface area contributed by atoms with Gasteiger partial charge in [-0.25, -0.2) is 13.4 Å². The Balaban J connectivity index is 0.845. The Labute approximate surface area is 384 Å². The minimum Gasteiger partial charge on any atom is -0.404 e. The first-order valence-corrected chi connectivity index (χ1v) is 23.4. The number of halogens is 2. The molecule has 18 heteroatoms. The number of nitrogens with one attached hydrogen (secondary N) is 4. The molecule has 0 radical (unpaired) electrons. The molecule has 352 valence electrons. The zero-order chi connectivity index (χ0) is 46.6. The van der Waals surface area contributed by atoms with Crippen molar-refractivity contribution in [2.45, 2.75) is 83.2 Å². The lowest BCUT2D eigenvalue weighted by atomic mass is 9.92. The summed E-state index contributed by atoms with van der Waals surface area (Å²) in [4.78, 5) is 74.4. The topological polar surface area (TPSA) is 203 Å². The van der Waals surface area contributed by atoms with Crippen LogP contribution in [0.25, 0.3) is 5.57 Å². The number of imide groups is 2. The molecule has 16 nitrogen and oxygen atoms in total. The van der Waals surface area contributed by atoms with E-state index in [9.17, 15) is 32.8 Å². The first-order chi connectivity index (χ1) is 31.8. The van der Waals surface area contributed by atoms with E-state index < -0.39 is 36.1 Å². The van der Waals surface area contributed by atoms with Crippen LogP contribution in [0.15, 0.2) is 47.8 Å². The number of benzene rings is 2. The molecule has 1 atom stereocenters. The summed E-state index contributed by atoms with van der Waals surface area (Å²) in [6.07, 6.45) is 6.46. The third-order valence-corrected chi connectivity index (χ3v) is 14.2. The van der Waals surface area contributed by atoms with Crippen LogP contribution >= 0.6 is 0 Å². The molecule has 6 aliphatic heterocycles. The number of piperidine rings is 3. The summed E-state index contributed by atoms with van der Waals surface area (Å²) in [5.41, 5.74) is 18.3. The van der Waals surface area contributed by atoms with E-state index in [-0.39, 0.29) is 41.5 Å². The predicted octanol–water partition coefficient (Wildman–Crippen LogP) is 1.44. The molecule has 8 rings (SSSR count). The molecule has 6 heterocycles. The lowest BCUT2D eigenvalue weighted by molar-refractivity contribution is -0.447. The van der Waals surface area contributed by atoms with E-state index in [1.165, 1.54) is 6.20 Å². The van der Waals surface area contributed by atoms with Gasteiger partial charge in [0.1, 0.15) is 18.8 Å². The van der Waals surface area contributed by atoms with Crippen LogP contribution < -0.4 is 32.4 Å². The van der Waals surface area contributed by atoms with Crippen LogP contribution in [-0.4, -0.2) is 150 Å². The fourth-order valence-electron chi connectivity index (χ4n) is 10.5. The average molecular weight is 912 g/mol. The third kappa shape index (κ3) is 9.75. The summed E-state index contributed by atoms with van der Waals surface area (Å²) >= 11 is 0. The van der Waals surface area contributed by atoms with Crippen molar-refractivity contribution in [2.24, 2.45) is 17.4 Å². The maximum Gasteiger partial charge on any atom is 0.279 e. The number of allylic oxidation sites excluding steroid dienone is 1. The number of amidine groups is 1. The highest BCUT2D eigenvalue weighted by Gasteiger charge is 2.46. The van der Waals surface area contributed by atoms with Crippen molar-refractivity contribution < 1.29 is 42.3 Å². The maximum atomic E-state index is 14.6. The molecular formula is C48H63F2N11O5+2. The van der Waals surface area contributed by atoms with Crippen LogP contribution in [0.5, 0.6) is 0 Å². The van der Waals surface area contributed by atoms with Gasteiger partial charge in [0.15, 0.2) is 6.21 Å². The number of amides is 5. The normalized spacial score (nSPS) is 22.6. The quantitative estimate of drug-likeness (QED) is 0.0735. The third-order valence-electron chi connectivity index (χ3n) is 14.2. The van der Waals surface area contributed by atoms with Gasteiger partial charge >= 0.3 is 0 Å². The smallest absolute Gasteiger partial charge is 0.279 e. The van der Waals surface area contributed by atoms with Gasteiger partial charge in [-0.2, -0.15) is 0 Å². The summed E-state index contributed by atoms with van der Waals surface area (Å²) < 4.78 is 31.1.